The number of carbonyl (C=O) groups excluding carboxylic acids is 1. The van der Waals surface area contributed by atoms with Crippen LogP contribution in [-0.2, 0) is 28.9 Å². The first-order chi connectivity index (χ1) is 8.71. The molecule has 0 aliphatic heterocycles. The molecular formula is C13H16N2O2W. The maximum absolute atomic E-state index is 11.4. The average molecular weight is 416 g/mol. The van der Waals surface area contributed by atoms with Gasteiger partial charge in [-0.05, 0) is 0 Å². The van der Waals surface area contributed by atoms with Gasteiger partial charge in [0.1, 0.15) is 0 Å². The van der Waals surface area contributed by atoms with Crippen LogP contribution in [0, 0.1) is 17.2 Å². The Bertz CT molecular complexity index is 415. The Hall–Kier alpha value is -1.07. The molecule has 1 fully saturated rings. The molecule has 96 valence electrons. The van der Waals surface area contributed by atoms with E-state index in [0.29, 0.717) is 11.4 Å². The molecule has 0 unspecified atom stereocenters. The number of hydrogen-bond acceptors (Lipinski definition) is 4. The molecule has 1 saturated carbocycles. The van der Waals surface area contributed by atoms with Crippen molar-refractivity contribution < 1.29 is 28.9 Å². The summed E-state index contributed by atoms with van der Waals surface area (Å²) in [4.78, 5) is 15.7. The van der Waals surface area contributed by atoms with Crippen molar-refractivity contribution in [2.24, 2.45) is 10.9 Å². The van der Waals surface area contributed by atoms with Gasteiger partial charge in [-0.1, -0.05) is 0 Å². The standard InChI is InChI=1S/C13H16N2O2.W/c1-10(9-14)15-12(8-13(16)17-2)11-6-4-3-5-7-11;/h1,8,11H,3-7H2,2H3;. The Kier molecular flexibility index (Phi) is 6.75. The minimum absolute atomic E-state index is 0.274. The molecule has 0 bridgehead atoms. The first-order valence-corrected chi connectivity index (χ1v) is 7.64. The second kappa shape index (κ2) is 8.10. The zero-order valence-electron chi connectivity index (χ0n) is 10.4. The van der Waals surface area contributed by atoms with Crippen molar-refractivity contribution in [1.82, 2.24) is 0 Å². The molecule has 0 atom stereocenters. The van der Waals surface area contributed by atoms with Crippen LogP contribution in [0.4, 0.5) is 0 Å². The summed E-state index contributed by atoms with van der Waals surface area (Å²) in [5.41, 5.74) is 1.07. The van der Waals surface area contributed by atoms with Crippen LogP contribution in [0.1, 0.15) is 32.1 Å². The molecule has 1 aliphatic rings. The van der Waals surface area contributed by atoms with Gasteiger partial charge in [-0.3, -0.25) is 0 Å². The van der Waals surface area contributed by atoms with E-state index in [2.05, 4.69) is 9.73 Å². The number of aliphatic imine (C=N–C) groups is 1. The van der Waals surface area contributed by atoms with Crippen molar-refractivity contribution in [2.45, 2.75) is 32.1 Å². The van der Waals surface area contributed by atoms with E-state index in [4.69, 9.17) is 5.26 Å². The number of esters is 1. The molecule has 0 radical (unpaired) electrons. The Balaban J connectivity index is 2.98. The van der Waals surface area contributed by atoms with Crippen LogP contribution >= 0.6 is 0 Å². The van der Waals surface area contributed by atoms with Crippen molar-refractivity contribution in [1.29, 1.82) is 5.26 Å². The van der Waals surface area contributed by atoms with Gasteiger partial charge in [0.25, 0.3) is 0 Å². The van der Waals surface area contributed by atoms with Crippen LogP contribution in [0.15, 0.2) is 16.8 Å². The summed E-state index contributed by atoms with van der Waals surface area (Å²) in [5.74, 6) is -0.129. The van der Waals surface area contributed by atoms with Crippen LogP contribution in [0.5, 0.6) is 0 Å². The third-order valence-corrected chi connectivity index (χ3v) is 3.77. The maximum atomic E-state index is 11.4. The Morgan fingerprint density at radius 1 is 1.44 bits per heavy atom. The van der Waals surface area contributed by atoms with Gasteiger partial charge < -0.3 is 0 Å². The molecule has 18 heavy (non-hydrogen) atoms. The predicted octanol–water partition coefficient (Wildman–Crippen LogP) is 1.94. The number of ether oxygens (including phenoxy) is 1. The summed E-state index contributed by atoms with van der Waals surface area (Å²) in [6, 6.07) is 2.03. The molecule has 0 saturated heterocycles. The summed E-state index contributed by atoms with van der Waals surface area (Å²) in [7, 11) is 1.35. The molecule has 0 aromatic heterocycles. The number of rotatable bonds is 4. The number of allylic oxidation sites excluding steroid dienone is 1. The van der Waals surface area contributed by atoms with Crippen LogP contribution in [0.3, 0.4) is 0 Å². The van der Waals surface area contributed by atoms with E-state index in [-0.39, 0.29) is 5.92 Å². The van der Waals surface area contributed by atoms with Gasteiger partial charge in [0.05, 0.1) is 0 Å². The van der Waals surface area contributed by atoms with Gasteiger partial charge in [-0.15, -0.1) is 0 Å². The van der Waals surface area contributed by atoms with Gasteiger partial charge in [0.2, 0.25) is 0 Å². The van der Waals surface area contributed by atoms with Crippen LogP contribution < -0.4 is 0 Å². The van der Waals surface area contributed by atoms with Crippen molar-refractivity contribution in [3.05, 3.63) is 11.8 Å². The summed E-state index contributed by atoms with van der Waals surface area (Å²) in [6.07, 6.45) is 7.03. The van der Waals surface area contributed by atoms with E-state index in [0.717, 1.165) is 25.7 Å². The number of methoxy groups -OCH3 is 1. The fourth-order valence-electron chi connectivity index (χ4n) is 2.04. The number of nitrogens with zero attached hydrogens (tertiary/aromatic N) is 2. The van der Waals surface area contributed by atoms with Crippen molar-refractivity contribution in [3.63, 3.8) is 0 Å². The topological polar surface area (TPSA) is 62.4 Å². The molecule has 1 aliphatic carbocycles. The van der Waals surface area contributed by atoms with E-state index in [1.54, 1.807) is 4.40 Å². The van der Waals surface area contributed by atoms with E-state index in [1.807, 2.05) is 6.07 Å². The van der Waals surface area contributed by atoms with Crippen molar-refractivity contribution >= 4 is 16.1 Å². The Labute approximate surface area is 118 Å². The van der Waals surface area contributed by atoms with E-state index < -0.39 is 5.97 Å². The second-order valence-electron chi connectivity index (χ2n) is 4.15. The van der Waals surface area contributed by atoms with E-state index in [9.17, 15) is 4.79 Å². The second-order valence-corrected chi connectivity index (χ2v) is 5.00. The SMILES string of the molecule is COC(=O)C=C(N=C(C#N)[CH]=[W])C1CCCCC1. The van der Waals surface area contributed by atoms with Crippen LogP contribution in [-0.4, -0.2) is 23.2 Å². The zero-order valence-corrected chi connectivity index (χ0v) is 13.3. The van der Waals surface area contributed by atoms with Gasteiger partial charge in [-0.2, -0.15) is 0 Å². The van der Waals surface area contributed by atoms with Gasteiger partial charge in [-0.25, -0.2) is 0 Å². The number of hydrogen-bond donors (Lipinski definition) is 0. The summed E-state index contributed by atoms with van der Waals surface area (Å²) in [5, 5.41) is 8.92. The molecule has 1 rings (SSSR count). The monoisotopic (exact) mass is 416 g/mol. The number of nitriles is 1. The van der Waals surface area contributed by atoms with Gasteiger partial charge in [0, 0.05) is 0 Å². The Morgan fingerprint density at radius 3 is 2.61 bits per heavy atom. The van der Waals surface area contributed by atoms with Crippen molar-refractivity contribution in [3.8, 4) is 6.07 Å². The Morgan fingerprint density at radius 2 is 2.11 bits per heavy atom. The molecule has 0 amide bonds. The fraction of sp³-hybridized carbons (Fsp3) is 0.538. The fourth-order valence-corrected chi connectivity index (χ4v) is 2.41. The average Bonchev–Trinajstić information content (AvgIpc) is 2.44. The zero-order chi connectivity index (χ0) is 13.4. The number of carbonyl (C=O) groups is 1. The van der Waals surface area contributed by atoms with Crippen LogP contribution in [0.25, 0.3) is 0 Å². The summed E-state index contributed by atoms with van der Waals surface area (Å²) < 4.78 is 6.38. The van der Waals surface area contributed by atoms with Gasteiger partial charge in [0.15, 0.2) is 0 Å². The third-order valence-electron chi connectivity index (χ3n) is 2.97. The first-order valence-electron chi connectivity index (χ1n) is 5.94. The molecule has 5 heteroatoms. The molecule has 4 nitrogen and oxygen atoms in total. The molecule has 0 heterocycles. The molecular weight excluding hydrogens is 400 g/mol. The molecule has 0 aromatic rings. The molecule has 0 N–H and O–H groups in total. The molecule has 0 aromatic carbocycles. The van der Waals surface area contributed by atoms with Crippen LogP contribution in [0.2, 0.25) is 0 Å². The van der Waals surface area contributed by atoms with Gasteiger partial charge >= 0.3 is 118 Å². The quantitative estimate of drug-likeness (QED) is 0.400. The molecule has 0 spiro atoms. The first kappa shape index (κ1) is 15.0. The predicted molar refractivity (Wildman–Crippen MR) is 65.8 cm³/mol. The van der Waals surface area contributed by atoms with E-state index in [1.165, 1.54) is 39.0 Å². The minimum atomic E-state index is -0.403. The third kappa shape index (κ3) is 4.66. The summed E-state index contributed by atoms with van der Waals surface area (Å²) in [6.45, 7) is 0. The van der Waals surface area contributed by atoms with Crippen molar-refractivity contribution in [2.75, 3.05) is 7.11 Å². The normalized spacial score (nSPS) is 18.0. The van der Waals surface area contributed by atoms with E-state index >= 15 is 0 Å². The summed E-state index contributed by atoms with van der Waals surface area (Å²) >= 11 is 1.17.